The highest BCUT2D eigenvalue weighted by molar-refractivity contribution is 9.11. The van der Waals surface area contributed by atoms with E-state index in [2.05, 4.69) is 55.9 Å². The lowest BCUT2D eigenvalue weighted by Crippen LogP contribution is -2.16. The van der Waals surface area contributed by atoms with Gasteiger partial charge in [-0.1, -0.05) is 27.9 Å². The maximum Gasteiger partial charge on any atom is 0.138 e. The number of halogens is 1. The molecule has 0 unspecified atom stereocenters. The zero-order chi connectivity index (χ0) is 15.0. The predicted octanol–water partition coefficient (Wildman–Crippen LogP) is 4.05. The van der Waals surface area contributed by atoms with Crippen molar-refractivity contribution in [1.82, 2.24) is 5.32 Å². The lowest BCUT2D eigenvalue weighted by atomic mass is 10.3. The van der Waals surface area contributed by atoms with Crippen molar-refractivity contribution in [2.75, 3.05) is 18.1 Å². The highest BCUT2D eigenvalue weighted by Gasteiger charge is 2.00. The minimum atomic E-state index is 0.441. The molecule has 0 fully saturated rings. The lowest BCUT2D eigenvalue weighted by molar-refractivity contribution is 0.895. The van der Waals surface area contributed by atoms with E-state index in [1.54, 1.807) is 11.8 Å². The van der Waals surface area contributed by atoms with Crippen LogP contribution in [0.2, 0.25) is 0 Å². The van der Waals surface area contributed by atoms with E-state index in [0.717, 1.165) is 21.8 Å². The topological polar surface area (TPSA) is 36.4 Å². The van der Waals surface area contributed by atoms with E-state index in [0.29, 0.717) is 6.54 Å². The van der Waals surface area contributed by atoms with Crippen LogP contribution in [0.4, 0.5) is 5.69 Å². The van der Waals surface area contributed by atoms with Gasteiger partial charge < -0.3 is 10.6 Å². The second-order valence-corrected chi connectivity index (χ2v) is 6.06. The summed E-state index contributed by atoms with van der Waals surface area (Å²) in [7, 11) is 0. The summed E-state index contributed by atoms with van der Waals surface area (Å²) in [5.41, 5.74) is 1.02. The van der Waals surface area contributed by atoms with Crippen molar-refractivity contribution in [2.45, 2.75) is 18.7 Å². The Balaban J connectivity index is 2.82. The molecule has 1 aromatic carbocycles. The third-order valence-electron chi connectivity index (χ3n) is 2.36. The van der Waals surface area contributed by atoms with Gasteiger partial charge in [-0.25, -0.2) is 4.99 Å². The van der Waals surface area contributed by atoms with E-state index in [1.807, 2.05) is 26.0 Å². The molecular formula is C15H18BrN3S. The number of hydrogen-bond acceptors (Lipinski definition) is 3. The van der Waals surface area contributed by atoms with Gasteiger partial charge in [0.15, 0.2) is 0 Å². The van der Waals surface area contributed by atoms with Crippen LogP contribution in [0, 0.1) is 12.3 Å². The lowest BCUT2D eigenvalue weighted by Gasteiger charge is -2.10. The van der Waals surface area contributed by atoms with E-state index in [1.165, 1.54) is 4.90 Å². The van der Waals surface area contributed by atoms with Gasteiger partial charge in [0, 0.05) is 15.1 Å². The summed E-state index contributed by atoms with van der Waals surface area (Å²) in [4.78, 5) is 5.70. The minimum absolute atomic E-state index is 0.441. The Kier molecular flexibility index (Phi) is 7.27. The monoisotopic (exact) mass is 351 g/mol. The standard InChI is InChI=1S/C15H18BrN3S/c1-5-9-17-15(11(2)16)19-12(3)18-13-7-6-8-14(10-13)20-4/h1,6-8,10,17H,9H2,2-4H3,(H,18,19)/b15-11+. The molecule has 20 heavy (non-hydrogen) atoms. The van der Waals surface area contributed by atoms with Crippen LogP contribution in [-0.2, 0) is 0 Å². The Morgan fingerprint density at radius 1 is 1.45 bits per heavy atom. The molecule has 0 saturated carbocycles. The van der Waals surface area contributed by atoms with Crippen LogP contribution in [0.5, 0.6) is 0 Å². The van der Waals surface area contributed by atoms with Crippen molar-refractivity contribution in [1.29, 1.82) is 0 Å². The van der Waals surface area contributed by atoms with Crippen molar-refractivity contribution < 1.29 is 0 Å². The second kappa shape index (κ2) is 8.72. The number of rotatable bonds is 5. The summed E-state index contributed by atoms with van der Waals surface area (Å²) in [5, 5.41) is 6.34. The molecule has 0 saturated heterocycles. The van der Waals surface area contributed by atoms with Crippen molar-refractivity contribution in [3.63, 3.8) is 0 Å². The highest BCUT2D eigenvalue weighted by atomic mass is 79.9. The number of nitrogens with zero attached hydrogens (tertiary/aromatic N) is 1. The highest BCUT2D eigenvalue weighted by Crippen LogP contribution is 2.19. The SMILES string of the molecule is C#CCNC(/N=C(\C)Nc1cccc(SC)c1)=C(/C)Br. The molecule has 5 heteroatoms. The number of aliphatic imine (C=N–C) groups is 1. The molecule has 1 rings (SSSR count). The van der Waals surface area contributed by atoms with Crippen LogP contribution >= 0.6 is 27.7 Å². The van der Waals surface area contributed by atoms with Crippen LogP contribution in [0.15, 0.2) is 44.5 Å². The summed E-state index contributed by atoms with van der Waals surface area (Å²) in [5.74, 6) is 4.06. The van der Waals surface area contributed by atoms with Crippen LogP contribution in [0.1, 0.15) is 13.8 Å². The number of allylic oxidation sites excluding steroid dienone is 1. The first kappa shape index (κ1) is 16.7. The van der Waals surface area contributed by atoms with Gasteiger partial charge in [0.25, 0.3) is 0 Å². The molecule has 0 bridgehead atoms. The van der Waals surface area contributed by atoms with Gasteiger partial charge in [-0.3, -0.25) is 0 Å². The molecule has 0 radical (unpaired) electrons. The normalized spacial score (nSPS) is 12.4. The van der Waals surface area contributed by atoms with Crippen LogP contribution < -0.4 is 10.6 Å². The van der Waals surface area contributed by atoms with E-state index in [4.69, 9.17) is 6.42 Å². The molecule has 0 aliphatic carbocycles. The summed E-state index contributed by atoms with van der Waals surface area (Å²) >= 11 is 5.13. The maximum absolute atomic E-state index is 5.25. The fraction of sp³-hybridized carbons (Fsp3) is 0.267. The molecule has 2 N–H and O–H groups in total. The molecule has 1 aromatic rings. The second-order valence-electron chi connectivity index (χ2n) is 3.99. The summed E-state index contributed by atoms with van der Waals surface area (Å²) in [6.07, 6.45) is 7.30. The van der Waals surface area contributed by atoms with Gasteiger partial charge in [-0.2, -0.15) is 0 Å². The van der Waals surface area contributed by atoms with Gasteiger partial charge in [0.2, 0.25) is 0 Å². The third-order valence-corrected chi connectivity index (χ3v) is 3.46. The summed E-state index contributed by atoms with van der Waals surface area (Å²) in [6, 6.07) is 8.19. The molecule has 0 aromatic heterocycles. The first-order chi connectivity index (χ1) is 9.56. The van der Waals surface area contributed by atoms with Crippen molar-refractivity contribution in [2.24, 2.45) is 4.99 Å². The Morgan fingerprint density at radius 3 is 2.80 bits per heavy atom. The van der Waals surface area contributed by atoms with Gasteiger partial charge >= 0.3 is 0 Å². The molecule has 0 atom stereocenters. The Morgan fingerprint density at radius 2 is 2.20 bits per heavy atom. The van der Waals surface area contributed by atoms with Crippen LogP contribution in [0.25, 0.3) is 0 Å². The molecular weight excluding hydrogens is 334 g/mol. The van der Waals surface area contributed by atoms with Gasteiger partial charge in [0.05, 0.1) is 6.54 Å². The maximum atomic E-state index is 5.25. The van der Waals surface area contributed by atoms with Gasteiger partial charge in [-0.05, 0) is 38.3 Å². The quantitative estimate of drug-likeness (QED) is 0.363. The average molecular weight is 352 g/mol. The Labute approximate surface area is 133 Å². The Bertz CT molecular complexity index is 554. The van der Waals surface area contributed by atoms with E-state index < -0.39 is 0 Å². The van der Waals surface area contributed by atoms with E-state index >= 15 is 0 Å². The smallest absolute Gasteiger partial charge is 0.138 e. The van der Waals surface area contributed by atoms with Gasteiger partial charge in [-0.15, -0.1) is 18.2 Å². The number of anilines is 1. The fourth-order valence-electron chi connectivity index (χ4n) is 1.48. The number of amidine groups is 1. The number of terminal acetylenes is 1. The van der Waals surface area contributed by atoms with Crippen LogP contribution in [0.3, 0.4) is 0 Å². The molecule has 0 heterocycles. The van der Waals surface area contributed by atoms with E-state index in [-0.39, 0.29) is 0 Å². The van der Waals surface area contributed by atoms with E-state index in [9.17, 15) is 0 Å². The van der Waals surface area contributed by atoms with Crippen molar-refractivity contribution in [3.8, 4) is 12.3 Å². The fourth-order valence-corrected chi connectivity index (χ4v) is 2.17. The summed E-state index contributed by atoms with van der Waals surface area (Å²) in [6.45, 7) is 4.28. The van der Waals surface area contributed by atoms with Crippen molar-refractivity contribution in [3.05, 3.63) is 34.6 Å². The first-order valence-corrected chi connectivity index (χ1v) is 8.08. The first-order valence-electron chi connectivity index (χ1n) is 6.07. The number of hydrogen-bond donors (Lipinski definition) is 2. The minimum Gasteiger partial charge on any atom is -0.358 e. The molecule has 106 valence electrons. The molecule has 0 amide bonds. The zero-order valence-electron chi connectivity index (χ0n) is 11.8. The summed E-state index contributed by atoms with van der Waals surface area (Å²) < 4.78 is 0.909. The number of thioether (sulfide) groups is 1. The molecule has 3 nitrogen and oxygen atoms in total. The van der Waals surface area contributed by atoms with Crippen LogP contribution in [-0.4, -0.2) is 18.6 Å². The zero-order valence-corrected chi connectivity index (χ0v) is 14.2. The largest absolute Gasteiger partial charge is 0.358 e. The molecule has 0 spiro atoms. The van der Waals surface area contributed by atoms with Crippen molar-refractivity contribution >= 4 is 39.2 Å². The third kappa shape index (κ3) is 5.72. The molecule has 0 aliphatic heterocycles. The Hall–Kier alpha value is -1.38. The molecule has 0 aliphatic rings. The number of benzene rings is 1. The predicted molar refractivity (Wildman–Crippen MR) is 93.4 cm³/mol. The number of nitrogens with one attached hydrogen (secondary N) is 2. The average Bonchev–Trinajstić information content (AvgIpc) is 2.43. The van der Waals surface area contributed by atoms with Gasteiger partial charge in [0.1, 0.15) is 11.7 Å².